The van der Waals surface area contributed by atoms with Gasteiger partial charge in [-0.05, 0) is 31.4 Å². The van der Waals surface area contributed by atoms with Gasteiger partial charge in [0.05, 0.1) is 0 Å². The molecule has 2 aromatic rings. The molecule has 0 spiro atoms. The van der Waals surface area contributed by atoms with Crippen LogP contribution in [0.4, 0.5) is 19.0 Å². The van der Waals surface area contributed by atoms with Gasteiger partial charge in [0.1, 0.15) is 11.5 Å². The molecule has 4 nitrogen and oxygen atoms in total. The van der Waals surface area contributed by atoms with E-state index in [1.165, 1.54) is 6.20 Å². The van der Waals surface area contributed by atoms with Crippen LogP contribution < -0.4 is 4.90 Å². The second-order valence-corrected chi connectivity index (χ2v) is 5.20. The Kier molecular flexibility index (Phi) is 3.96. The third kappa shape index (κ3) is 3.18. The Bertz CT molecular complexity index is 637. The molecule has 7 heteroatoms. The van der Waals surface area contributed by atoms with Gasteiger partial charge in [0.2, 0.25) is 0 Å². The number of halogens is 3. The van der Waals surface area contributed by atoms with Crippen LogP contribution >= 0.6 is 0 Å². The number of rotatable bonds is 2. The van der Waals surface area contributed by atoms with E-state index >= 15 is 0 Å². The van der Waals surface area contributed by atoms with Crippen molar-refractivity contribution in [2.24, 2.45) is 0 Å². The molecule has 0 aromatic carbocycles. The molecule has 116 valence electrons. The van der Waals surface area contributed by atoms with Crippen molar-refractivity contribution < 1.29 is 13.2 Å². The van der Waals surface area contributed by atoms with Crippen LogP contribution in [0.15, 0.2) is 30.5 Å². The summed E-state index contributed by atoms with van der Waals surface area (Å²) in [7, 11) is 0. The minimum absolute atomic E-state index is 0.0102. The summed E-state index contributed by atoms with van der Waals surface area (Å²) in [5.41, 5.74) is -0.587. The van der Waals surface area contributed by atoms with Crippen LogP contribution in [-0.2, 0) is 6.18 Å². The maximum atomic E-state index is 13.1. The van der Waals surface area contributed by atoms with Crippen molar-refractivity contribution in [2.45, 2.75) is 25.4 Å². The second kappa shape index (κ2) is 5.90. The summed E-state index contributed by atoms with van der Waals surface area (Å²) in [5, 5.41) is 0. The fourth-order valence-corrected chi connectivity index (χ4v) is 2.47. The molecule has 1 aliphatic heterocycles. The highest BCUT2D eigenvalue weighted by Crippen LogP contribution is 2.31. The highest BCUT2D eigenvalue weighted by molar-refractivity contribution is 5.54. The zero-order valence-electron chi connectivity index (χ0n) is 11.8. The third-order valence-corrected chi connectivity index (χ3v) is 3.58. The van der Waals surface area contributed by atoms with Crippen LogP contribution in [0, 0.1) is 0 Å². The van der Waals surface area contributed by atoms with Gasteiger partial charge in [-0.15, -0.1) is 0 Å². The lowest BCUT2D eigenvalue weighted by Gasteiger charge is -2.28. The van der Waals surface area contributed by atoms with Crippen molar-refractivity contribution in [1.82, 2.24) is 15.0 Å². The van der Waals surface area contributed by atoms with E-state index < -0.39 is 11.9 Å². The smallest absolute Gasteiger partial charge is 0.356 e. The number of aromatic nitrogens is 3. The lowest BCUT2D eigenvalue weighted by atomic mass is 10.1. The fourth-order valence-electron chi connectivity index (χ4n) is 2.47. The molecular formula is C15H15F3N4. The first-order valence-corrected chi connectivity index (χ1v) is 7.17. The molecule has 0 aliphatic carbocycles. The van der Waals surface area contributed by atoms with Crippen LogP contribution in [0.25, 0.3) is 11.5 Å². The first-order chi connectivity index (χ1) is 10.5. The van der Waals surface area contributed by atoms with E-state index in [2.05, 4.69) is 15.0 Å². The first kappa shape index (κ1) is 14.7. The molecular weight excluding hydrogens is 293 g/mol. The van der Waals surface area contributed by atoms with Gasteiger partial charge >= 0.3 is 6.18 Å². The summed E-state index contributed by atoms with van der Waals surface area (Å²) in [6, 6.07) is 6.03. The second-order valence-electron chi connectivity index (χ2n) is 5.20. The molecule has 3 rings (SSSR count). The summed E-state index contributed by atoms with van der Waals surface area (Å²) < 4.78 is 39.3. The van der Waals surface area contributed by atoms with Crippen LogP contribution in [-0.4, -0.2) is 28.0 Å². The zero-order valence-corrected chi connectivity index (χ0v) is 11.8. The molecule has 2 aromatic heterocycles. The Morgan fingerprint density at radius 3 is 2.41 bits per heavy atom. The highest BCUT2D eigenvalue weighted by atomic mass is 19.4. The van der Waals surface area contributed by atoms with Crippen LogP contribution in [0.3, 0.4) is 0 Å². The molecule has 0 bridgehead atoms. The SMILES string of the molecule is FC(F)(F)c1cc(N2CCCCC2)nc(-c2ccccn2)n1. The van der Waals surface area contributed by atoms with Crippen molar-refractivity contribution in [3.8, 4) is 11.5 Å². The van der Waals surface area contributed by atoms with Gasteiger partial charge in [-0.2, -0.15) is 13.2 Å². The molecule has 0 N–H and O–H groups in total. The van der Waals surface area contributed by atoms with Gasteiger partial charge in [-0.1, -0.05) is 6.07 Å². The summed E-state index contributed by atoms with van der Waals surface area (Å²) in [6.07, 6.45) is 0.0336. The van der Waals surface area contributed by atoms with E-state index in [-0.39, 0.29) is 5.82 Å². The Hall–Kier alpha value is -2.18. The minimum atomic E-state index is -4.50. The van der Waals surface area contributed by atoms with E-state index in [1.54, 1.807) is 18.2 Å². The maximum Gasteiger partial charge on any atom is 0.433 e. The number of nitrogens with zero attached hydrogens (tertiary/aromatic N) is 4. The largest absolute Gasteiger partial charge is 0.433 e. The van der Waals surface area contributed by atoms with Crippen molar-refractivity contribution in [2.75, 3.05) is 18.0 Å². The predicted molar refractivity (Wildman–Crippen MR) is 76.3 cm³/mol. The van der Waals surface area contributed by atoms with E-state index in [0.29, 0.717) is 11.5 Å². The molecule has 22 heavy (non-hydrogen) atoms. The van der Waals surface area contributed by atoms with E-state index in [9.17, 15) is 13.2 Å². The molecule has 0 amide bonds. The fraction of sp³-hybridized carbons (Fsp3) is 0.400. The maximum absolute atomic E-state index is 13.1. The van der Waals surface area contributed by atoms with Gasteiger partial charge in [-0.25, -0.2) is 9.97 Å². The summed E-state index contributed by atoms with van der Waals surface area (Å²) in [5.74, 6) is 0.332. The number of alkyl halides is 3. The van der Waals surface area contributed by atoms with Gasteiger partial charge in [0.15, 0.2) is 11.5 Å². The number of anilines is 1. The Morgan fingerprint density at radius 2 is 1.77 bits per heavy atom. The molecule has 0 atom stereocenters. The Balaban J connectivity index is 2.06. The Labute approximate surface area is 126 Å². The van der Waals surface area contributed by atoms with Crippen molar-refractivity contribution in [3.63, 3.8) is 0 Å². The molecule has 0 saturated carbocycles. The van der Waals surface area contributed by atoms with Gasteiger partial charge in [0.25, 0.3) is 0 Å². The Morgan fingerprint density at radius 1 is 1.00 bits per heavy atom. The van der Waals surface area contributed by atoms with Crippen molar-refractivity contribution in [1.29, 1.82) is 0 Å². The number of hydrogen-bond donors (Lipinski definition) is 0. The third-order valence-electron chi connectivity index (χ3n) is 3.58. The number of piperidine rings is 1. The standard InChI is InChI=1S/C15H15F3N4/c16-15(17,18)12-10-13(22-8-4-1-5-9-22)21-14(20-12)11-6-2-3-7-19-11/h2-3,6-7,10H,1,4-5,8-9H2. The molecule has 0 radical (unpaired) electrons. The zero-order chi connectivity index (χ0) is 15.6. The lowest BCUT2D eigenvalue weighted by molar-refractivity contribution is -0.141. The van der Waals surface area contributed by atoms with Gasteiger partial charge < -0.3 is 4.90 Å². The molecule has 0 unspecified atom stereocenters. The quantitative estimate of drug-likeness (QED) is 0.851. The topological polar surface area (TPSA) is 41.9 Å². The van der Waals surface area contributed by atoms with E-state index in [0.717, 1.165) is 38.4 Å². The predicted octanol–water partition coefficient (Wildman–Crippen LogP) is 3.55. The summed E-state index contributed by atoms with van der Waals surface area (Å²) in [4.78, 5) is 13.9. The normalized spacial score (nSPS) is 15.9. The van der Waals surface area contributed by atoms with Gasteiger partial charge in [-0.3, -0.25) is 4.98 Å². The summed E-state index contributed by atoms with van der Waals surface area (Å²) in [6.45, 7) is 1.44. The summed E-state index contributed by atoms with van der Waals surface area (Å²) >= 11 is 0. The average Bonchev–Trinajstić information content (AvgIpc) is 2.55. The molecule has 3 heterocycles. The van der Waals surface area contributed by atoms with Crippen LogP contribution in [0.1, 0.15) is 25.0 Å². The van der Waals surface area contributed by atoms with Gasteiger partial charge in [0, 0.05) is 25.4 Å². The molecule has 1 fully saturated rings. The molecule has 1 saturated heterocycles. The van der Waals surface area contributed by atoms with E-state index in [1.807, 2.05) is 4.90 Å². The lowest BCUT2D eigenvalue weighted by Crippen LogP contribution is -2.30. The van der Waals surface area contributed by atoms with Crippen LogP contribution in [0.5, 0.6) is 0 Å². The monoisotopic (exact) mass is 308 g/mol. The number of pyridine rings is 1. The minimum Gasteiger partial charge on any atom is -0.356 e. The van der Waals surface area contributed by atoms with Crippen molar-refractivity contribution in [3.05, 3.63) is 36.2 Å². The molecule has 1 aliphatic rings. The number of hydrogen-bond acceptors (Lipinski definition) is 4. The highest BCUT2D eigenvalue weighted by Gasteiger charge is 2.34. The first-order valence-electron chi connectivity index (χ1n) is 7.17. The van der Waals surface area contributed by atoms with E-state index in [4.69, 9.17) is 0 Å². The average molecular weight is 308 g/mol. The van der Waals surface area contributed by atoms with Crippen LogP contribution in [0.2, 0.25) is 0 Å². The van der Waals surface area contributed by atoms with Crippen molar-refractivity contribution >= 4 is 5.82 Å².